The van der Waals surface area contributed by atoms with Gasteiger partial charge in [-0.05, 0) is 24.8 Å². The van der Waals surface area contributed by atoms with Crippen LogP contribution in [0.3, 0.4) is 0 Å². The lowest BCUT2D eigenvalue weighted by Crippen LogP contribution is -2.15. The fourth-order valence-electron chi connectivity index (χ4n) is 1.75. The summed E-state index contributed by atoms with van der Waals surface area (Å²) >= 11 is 7.29. The molecule has 2 aromatic heterocycles. The standard InChI is InChI=1S/C13H16ClN3OS/c1-3-4-6-17-11(8-9(2)16-17)15-13(18)12-10(14)5-7-19-12/h5,7-8H,3-4,6H2,1-2H3,(H,15,18). The minimum atomic E-state index is -0.183. The smallest absolute Gasteiger partial charge is 0.268 e. The van der Waals surface area contributed by atoms with E-state index in [4.69, 9.17) is 11.6 Å². The molecule has 19 heavy (non-hydrogen) atoms. The van der Waals surface area contributed by atoms with Crippen molar-refractivity contribution in [2.24, 2.45) is 0 Å². The van der Waals surface area contributed by atoms with E-state index in [1.165, 1.54) is 11.3 Å². The van der Waals surface area contributed by atoms with Crippen molar-refractivity contribution in [1.82, 2.24) is 9.78 Å². The Morgan fingerprint density at radius 2 is 2.37 bits per heavy atom. The van der Waals surface area contributed by atoms with Gasteiger partial charge in [0.25, 0.3) is 5.91 Å². The summed E-state index contributed by atoms with van der Waals surface area (Å²) in [4.78, 5) is 12.6. The first kappa shape index (κ1) is 14.1. The molecule has 0 aliphatic rings. The van der Waals surface area contributed by atoms with Crippen molar-refractivity contribution in [2.45, 2.75) is 33.2 Å². The first-order valence-corrected chi connectivity index (χ1v) is 7.46. The molecule has 0 atom stereocenters. The highest BCUT2D eigenvalue weighted by Crippen LogP contribution is 2.23. The lowest BCUT2D eigenvalue weighted by Gasteiger charge is -2.07. The molecule has 2 aromatic rings. The lowest BCUT2D eigenvalue weighted by atomic mass is 10.3. The van der Waals surface area contributed by atoms with Crippen molar-refractivity contribution in [3.05, 3.63) is 33.1 Å². The summed E-state index contributed by atoms with van der Waals surface area (Å²) in [6, 6.07) is 3.59. The number of hydrogen-bond donors (Lipinski definition) is 1. The number of nitrogens with one attached hydrogen (secondary N) is 1. The molecule has 6 heteroatoms. The largest absolute Gasteiger partial charge is 0.306 e. The molecule has 2 rings (SSSR count). The molecule has 0 aromatic carbocycles. The summed E-state index contributed by atoms with van der Waals surface area (Å²) in [6.07, 6.45) is 2.12. The molecule has 1 N–H and O–H groups in total. The van der Waals surface area contributed by atoms with Crippen LogP contribution in [0.4, 0.5) is 5.82 Å². The van der Waals surface area contributed by atoms with Crippen molar-refractivity contribution in [3.63, 3.8) is 0 Å². The van der Waals surface area contributed by atoms with E-state index in [9.17, 15) is 4.79 Å². The minimum Gasteiger partial charge on any atom is -0.306 e. The zero-order valence-electron chi connectivity index (χ0n) is 10.9. The summed E-state index contributed by atoms with van der Waals surface area (Å²) in [7, 11) is 0. The molecule has 102 valence electrons. The molecule has 0 aliphatic heterocycles. The number of rotatable bonds is 5. The topological polar surface area (TPSA) is 46.9 Å². The molecule has 0 saturated heterocycles. The van der Waals surface area contributed by atoms with E-state index in [1.54, 1.807) is 11.4 Å². The van der Waals surface area contributed by atoms with Crippen LogP contribution in [-0.2, 0) is 6.54 Å². The maximum absolute atomic E-state index is 12.1. The molecule has 0 radical (unpaired) electrons. The van der Waals surface area contributed by atoms with Crippen LogP contribution >= 0.6 is 22.9 Å². The summed E-state index contributed by atoms with van der Waals surface area (Å²) < 4.78 is 1.83. The normalized spacial score (nSPS) is 10.7. The maximum atomic E-state index is 12.1. The Bertz CT molecular complexity index is 576. The van der Waals surface area contributed by atoms with Crippen LogP contribution in [0.2, 0.25) is 5.02 Å². The molecule has 0 bridgehead atoms. The second-order valence-electron chi connectivity index (χ2n) is 4.30. The zero-order chi connectivity index (χ0) is 13.8. The number of unbranched alkanes of at least 4 members (excludes halogenated alkanes) is 1. The number of thiophene rings is 1. The van der Waals surface area contributed by atoms with E-state index < -0.39 is 0 Å². The average molecular weight is 298 g/mol. The molecule has 2 heterocycles. The van der Waals surface area contributed by atoms with Gasteiger partial charge in [0.15, 0.2) is 0 Å². The molecule has 1 amide bonds. The predicted molar refractivity (Wildman–Crippen MR) is 79.2 cm³/mol. The number of carbonyl (C=O) groups is 1. The van der Waals surface area contributed by atoms with E-state index in [1.807, 2.05) is 17.7 Å². The van der Waals surface area contributed by atoms with E-state index in [-0.39, 0.29) is 5.91 Å². The number of nitrogens with zero attached hydrogens (tertiary/aromatic N) is 2. The fourth-order valence-corrected chi connectivity index (χ4v) is 2.79. The SMILES string of the molecule is CCCCn1nc(C)cc1NC(=O)c1sccc1Cl. The number of halogens is 1. The Labute approximate surface area is 121 Å². The molecule has 0 saturated carbocycles. The number of hydrogen-bond acceptors (Lipinski definition) is 3. The van der Waals surface area contributed by atoms with Gasteiger partial charge in [-0.25, -0.2) is 4.68 Å². The monoisotopic (exact) mass is 297 g/mol. The molecule has 4 nitrogen and oxygen atoms in total. The van der Waals surface area contributed by atoms with Gasteiger partial charge in [0.1, 0.15) is 10.7 Å². The van der Waals surface area contributed by atoms with Gasteiger partial charge in [0.2, 0.25) is 0 Å². The van der Waals surface area contributed by atoms with Crippen molar-refractivity contribution < 1.29 is 4.79 Å². The van der Waals surface area contributed by atoms with Gasteiger partial charge in [-0.1, -0.05) is 24.9 Å². The summed E-state index contributed by atoms with van der Waals surface area (Å²) in [5, 5.41) is 9.54. The van der Waals surface area contributed by atoms with Crippen molar-refractivity contribution in [1.29, 1.82) is 0 Å². The van der Waals surface area contributed by atoms with Crippen LogP contribution in [0.25, 0.3) is 0 Å². The van der Waals surface area contributed by atoms with Gasteiger partial charge in [-0.3, -0.25) is 4.79 Å². The van der Waals surface area contributed by atoms with Gasteiger partial charge < -0.3 is 5.32 Å². The molecular formula is C13H16ClN3OS. The molecule has 0 spiro atoms. The minimum absolute atomic E-state index is 0.183. The molecule has 0 aliphatic carbocycles. The predicted octanol–water partition coefficient (Wildman–Crippen LogP) is 3.96. The van der Waals surface area contributed by atoms with E-state index in [0.717, 1.165) is 30.9 Å². The Kier molecular flexibility index (Phi) is 4.61. The second kappa shape index (κ2) is 6.21. The Hall–Kier alpha value is -1.33. The number of anilines is 1. The zero-order valence-corrected chi connectivity index (χ0v) is 12.5. The van der Waals surface area contributed by atoms with Crippen molar-refractivity contribution in [3.8, 4) is 0 Å². The second-order valence-corrected chi connectivity index (χ2v) is 5.62. The van der Waals surface area contributed by atoms with Crippen molar-refractivity contribution >= 4 is 34.7 Å². The number of carbonyl (C=O) groups excluding carboxylic acids is 1. The highest BCUT2D eigenvalue weighted by Gasteiger charge is 2.14. The number of aromatic nitrogens is 2. The first-order chi connectivity index (χ1) is 9.11. The van der Waals surface area contributed by atoms with Gasteiger partial charge in [0, 0.05) is 12.6 Å². The van der Waals surface area contributed by atoms with Crippen LogP contribution in [0.1, 0.15) is 35.1 Å². The molecular weight excluding hydrogens is 282 g/mol. The van der Waals surface area contributed by atoms with Crippen LogP contribution in [-0.4, -0.2) is 15.7 Å². The highest BCUT2D eigenvalue weighted by molar-refractivity contribution is 7.12. The van der Waals surface area contributed by atoms with Gasteiger partial charge in [-0.2, -0.15) is 5.10 Å². The van der Waals surface area contributed by atoms with E-state index in [2.05, 4.69) is 17.3 Å². The van der Waals surface area contributed by atoms with E-state index >= 15 is 0 Å². The van der Waals surface area contributed by atoms with Crippen LogP contribution in [0.5, 0.6) is 0 Å². The molecule has 0 fully saturated rings. The molecule has 0 unspecified atom stereocenters. The Balaban J connectivity index is 2.14. The summed E-state index contributed by atoms with van der Waals surface area (Å²) in [6.45, 7) is 4.84. The van der Waals surface area contributed by atoms with Gasteiger partial charge >= 0.3 is 0 Å². The third kappa shape index (κ3) is 3.36. The first-order valence-electron chi connectivity index (χ1n) is 6.20. The fraction of sp³-hybridized carbons (Fsp3) is 0.385. The third-order valence-electron chi connectivity index (χ3n) is 2.69. The average Bonchev–Trinajstić information content (AvgIpc) is 2.93. The van der Waals surface area contributed by atoms with Crippen LogP contribution in [0.15, 0.2) is 17.5 Å². The summed E-state index contributed by atoms with van der Waals surface area (Å²) in [5.41, 5.74) is 0.892. The van der Waals surface area contributed by atoms with Crippen LogP contribution < -0.4 is 5.32 Å². The Morgan fingerprint density at radius 1 is 1.58 bits per heavy atom. The highest BCUT2D eigenvalue weighted by atomic mass is 35.5. The van der Waals surface area contributed by atoms with Crippen LogP contribution in [0, 0.1) is 6.92 Å². The quantitative estimate of drug-likeness (QED) is 0.908. The number of amides is 1. The van der Waals surface area contributed by atoms with E-state index in [0.29, 0.717) is 9.90 Å². The van der Waals surface area contributed by atoms with Gasteiger partial charge in [0.05, 0.1) is 10.7 Å². The Morgan fingerprint density at radius 3 is 3.00 bits per heavy atom. The number of aryl methyl sites for hydroxylation is 2. The maximum Gasteiger partial charge on any atom is 0.268 e. The van der Waals surface area contributed by atoms with Crippen molar-refractivity contribution in [2.75, 3.05) is 5.32 Å². The van der Waals surface area contributed by atoms with Gasteiger partial charge in [-0.15, -0.1) is 11.3 Å². The summed E-state index contributed by atoms with van der Waals surface area (Å²) in [5.74, 6) is 0.540. The lowest BCUT2D eigenvalue weighted by molar-refractivity contribution is 0.102. The third-order valence-corrected chi connectivity index (χ3v) is 4.03.